The Morgan fingerprint density at radius 1 is 1.03 bits per heavy atom. The lowest BCUT2D eigenvalue weighted by atomic mass is 10.1. The minimum Gasteiger partial charge on any atom is -0.504 e. The molecular weight excluding hydrogens is 424 g/mol. The molecule has 0 fully saturated rings. The van der Waals surface area contributed by atoms with E-state index in [2.05, 4.69) is 10.0 Å². The van der Waals surface area contributed by atoms with Gasteiger partial charge < -0.3 is 24.6 Å². The molecule has 0 heterocycles. The highest BCUT2D eigenvalue weighted by Gasteiger charge is 2.28. The SMILES string of the molecule is COc1cc(OC)c(S(=O)(=O)Nc2cc(NC(C)=O)c(O)c(Cl)c2C)c(OC)c1. The first-order valence-electron chi connectivity index (χ1n) is 8.18. The Balaban J connectivity index is 2.63. The van der Waals surface area contributed by atoms with Gasteiger partial charge >= 0.3 is 0 Å². The molecule has 29 heavy (non-hydrogen) atoms. The van der Waals surface area contributed by atoms with Gasteiger partial charge in [0.25, 0.3) is 10.0 Å². The Morgan fingerprint density at radius 2 is 1.59 bits per heavy atom. The van der Waals surface area contributed by atoms with Crippen molar-refractivity contribution in [1.29, 1.82) is 0 Å². The summed E-state index contributed by atoms with van der Waals surface area (Å²) in [5.41, 5.74) is 0.268. The van der Waals surface area contributed by atoms with Crippen LogP contribution in [0.25, 0.3) is 0 Å². The molecule has 0 aliphatic heterocycles. The van der Waals surface area contributed by atoms with Crippen LogP contribution in [0.5, 0.6) is 23.0 Å². The van der Waals surface area contributed by atoms with Gasteiger partial charge in [-0.1, -0.05) is 11.6 Å². The van der Waals surface area contributed by atoms with E-state index in [0.29, 0.717) is 5.75 Å². The summed E-state index contributed by atoms with van der Waals surface area (Å²) >= 11 is 6.10. The summed E-state index contributed by atoms with van der Waals surface area (Å²) in [6.45, 7) is 2.75. The first-order chi connectivity index (χ1) is 13.5. The van der Waals surface area contributed by atoms with Crippen molar-refractivity contribution in [2.75, 3.05) is 31.4 Å². The average Bonchev–Trinajstić information content (AvgIpc) is 2.68. The molecule has 0 atom stereocenters. The number of phenols is 1. The van der Waals surface area contributed by atoms with Gasteiger partial charge in [0.2, 0.25) is 5.91 Å². The highest BCUT2D eigenvalue weighted by atomic mass is 35.5. The first-order valence-corrected chi connectivity index (χ1v) is 10.0. The number of hydrogen-bond donors (Lipinski definition) is 3. The van der Waals surface area contributed by atoms with Crippen LogP contribution in [0, 0.1) is 6.92 Å². The number of phenolic OH excluding ortho intramolecular Hbond substituents is 1. The molecular formula is C18H21ClN2O7S. The summed E-state index contributed by atoms with van der Waals surface area (Å²) in [5, 5.41) is 12.4. The third-order valence-corrected chi connectivity index (χ3v) is 5.87. The summed E-state index contributed by atoms with van der Waals surface area (Å²) in [4.78, 5) is 11.1. The van der Waals surface area contributed by atoms with Gasteiger partial charge in [0.1, 0.15) is 17.2 Å². The number of aromatic hydroxyl groups is 1. The minimum absolute atomic E-state index is 0.00156. The average molecular weight is 445 g/mol. The maximum absolute atomic E-state index is 13.1. The number of nitrogens with one attached hydrogen (secondary N) is 2. The Kier molecular flexibility index (Phi) is 6.70. The Hall–Kier alpha value is -2.85. The van der Waals surface area contributed by atoms with Gasteiger partial charge in [-0.05, 0) is 18.6 Å². The predicted molar refractivity (Wildman–Crippen MR) is 109 cm³/mol. The largest absolute Gasteiger partial charge is 0.504 e. The third kappa shape index (κ3) is 4.60. The van der Waals surface area contributed by atoms with Crippen LogP contribution in [0.3, 0.4) is 0 Å². The molecule has 0 bridgehead atoms. The molecule has 158 valence electrons. The number of amides is 1. The monoisotopic (exact) mass is 444 g/mol. The summed E-state index contributed by atoms with van der Waals surface area (Å²) in [6.07, 6.45) is 0. The lowest BCUT2D eigenvalue weighted by Crippen LogP contribution is -2.17. The molecule has 11 heteroatoms. The van der Waals surface area contributed by atoms with Gasteiger partial charge in [0.15, 0.2) is 10.6 Å². The smallest absolute Gasteiger partial charge is 0.269 e. The fourth-order valence-electron chi connectivity index (χ4n) is 2.56. The van der Waals surface area contributed by atoms with Crippen molar-refractivity contribution in [2.45, 2.75) is 18.7 Å². The Bertz CT molecular complexity index is 1030. The zero-order chi connectivity index (χ0) is 21.9. The normalized spacial score (nSPS) is 11.0. The summed E-state index contributed by atoms with van der Waals surface area (Å²) in [6, 6.07) is 4.06. The van der Waals surface area contributed by atoms with E-state index < -0.39 is 15.9 Å². The Labute approximate surface area is 173 Å². The highest BCUT2D eigenvalue weighted by Crippen LogP contribution is 2.42. The van der Waals surface area contributed by atoms with Gasteiger partial charge in [0.05, 0.1) is 37.7 Å². The molecule has 0 unspecified atom stereocenters. The van der Waals surface area contributed by atoms with Crippen molar-refractivity contribution in [3.8, 4) is 23.0 Å². The second-order valence-electron chi connectivity index (χ2n) is 5.91. The molecule has 0 radical (unpaired) electrons. The van der Waals surface area contributed by atoms with E-state index in [1.54, 1.807) is 0 Å². The van der Waals surface area contributed by atoms with Crippen LogP contribution in [-0.2, 0) is 14.8 Å². The summed E-state index contributed by atoms with van der Waals surface area (Å²) in [7, 11) is -0.186. The second-order valence-corrected chi connectivity index (χ2v) is 7.90. The maximum Gasteiger partial charge on any atom is 0.269 e. The quantitative estimate of drug-likeness (QED) is 0.442. The molecule has 0 saturated carbocycles. The second kappa shape index (κ2) is 8.66. The van der Waals surface area contributed by atoms with E-state index in [4.69, 9.17) is 25.8 Å². The molecule has 1 amide bonds. The number of sulfonamides is 1. The van der Waals surface area contributed by atoms with E-state index in [9.17, 15) is 18.3 Å². The van der Waals surface area contributed by atoms with E-state index in [-0.39, 0.29) is 44.1 Å². The molecule has 2 rings (SSSR count). The van der Waals surface area contributed by atoms with Crippen molar-refractivity contribution in [2.24, 2.45) is 0 Å². The van der Waals surface area contributed by atoms with Gasteiger partial charge in [-0.25, -0.2) is 8.42 Å². The molecule has 0 saturated heterocycles. The van der Waals surface area contributed by atoms with Crippen LogP contribution >= 0.6 is 11.6 Å². The number of carbonyl (C=O) groups is 1. The fourth-order valence-corrected chi connectivity index (χ4v) is 4.18. The maximum atomic E-state index is 13.1. The molecule has 0 aliphatic rings. The van der Waals surface area contributed by atoms with Crippen LogP contribution in [0.4, 0.5) is 11.4 Å². The van der Waals surface area contributed by atoms with E-state index in [0.717, 1.165) is 0 Å². The third-order valence-electron chi connectivity index (χ3n) is 3.98. The van der Waals surface area contributed by atoms with Gasteiger partial charge in [0, 0.05) is 19.1 Å². The number of halogens is 1. The number of benzene rings is 2. The summed E-state index contributed by atoms with van der Waals surface area (Å²) < 4.78 is 44.2. The molecule has 2 aromatic rings. The fraction of sp³-hybridized carbons (Fsp3) is 0.278. The predicted octanol–water partition coefficient (Wildman–Crippen LogP) is 3.14. The van der Waals surface area contributed by atoms with Crippen molar-refractivity contribution >= 4 is 38.9 Å². The number of methoxy groups -OCH3 is 3. The molecule has 0 aliphatic carbocycles. The van der Waals surface area contributed by atoms with Crippen molar-refractivity contribution in [3.05, 3.63) is 28.8 Å². The molecule has 9 nitrogen and oxygen atoms in total. The number of ether oxygens (including phenoxy) is 3. The molecule has 0 aromatic heterocycles. The van der Waals surface area contributed by atoms with Crippen molar-refractivity contribution < 1.29 is 32.5 Å². The van der Waals surface area contributed by atoms with Crippen molar-refractivity contribution in [1.82, 2.24) is 0 Å². The van der Waals surface area contributed by atoms with Crippen molar-refractivity contribution in [3.63, 3.8) is 0 Å². The van der Waals surface area contributed by atoms with Crippen LogP contribution in [-0.4, -0.2) is 40.8 Å². The van der Waals surface area contributed by atoms with Crippen LogP contribution < -0.4 is 24.2 Å². The van der Waals surface area contributed by atoms with E-state index in [1.165, 1.54) is 53.4 Å². The topological polar surface area (TPSA) is 123 Å². The number of anilines is 2. The number of carbonyl (C=O) groups excluding carboxylic acids is 1. The number of hydrogen-bond acceptors (Lipinski definition) is 7. The van der Waals surface area contributed by atoms with Gasteiger partial charge in [-0.2, -0.15) is 0 Å². The van der Waals surface area contributed by atoms with E-state index >= 15 is 0 Å². The first kappa shape index (κ1) is 22.4. The van der Waals surface area contributed by atoms with Crippen LogP contribution in [0.1, 0.15) is 12.5 Å². The molecule has 0 spiro atoms. The highest BCUT2D eigenvalue weighted by molar-refractivity contribution is 7.93. The summed E-state index contributed by atoms with van der Waals surface area (Å²) in [5.74, 6) is -0.500. The standard InChI is InChI=1S/C18H21ClN2O7S/c1-9-12(8-13(20-10(2)22)17(23)16(9)19)21-29(24,25)18-14(27-4)6-11(26-3)7-15(18)28-5/h6-8,21,23H,1-5H3,(H,20,22). The van der Waals surface area contributed by atoms with Gasteiger partial charge in [-0.15, -0.1) is 0 Å². The lowest BCUT2D eigenvalue weighted by Gasteiger charge is -2.18. The lowest BCUT2D eigenvalue weighted by molar-refractivity contribution is -0.114. The van der Waals surface area contributed by atoms with Gasteiger partial charge in [-0.3, -0.25) is 9.52 Å². The number of rotatable bonds is 7. The zero-order valence-electron chi connectivity index (χ0n) is 16.4. The zero-order valence-corrected chi connectivity index (χ0v) is 18.0. The molecule has 3 N–H and O–H groups in total. The minimum atomic E-state index is -4.23. The molecule has 2 aromatic carbocycles. The van der Waals surface area contributed by atoms with Crippen LogP contribution in [0.2, 0.25) is 5.02 Å². The Morgan fingerprint density at radius 3 is 2.03 bits per heavy atom. The van der Waals surface area contributed by atoms with E-state index in [1.807, 2.05) is 0 Å². The van der Waals surface area contributed by atoms with Crippen LogP contribution in [0.15, 0.2) is 23.1 Å².